The van der Waals surface area contributed by atoms with E-state index >= 15 is 0 Å². The van der Waals surface area contributed by atoms with Crippen molar-refractivity contribution in [3.8, 4) is 0 Å². The summed E-state index contributed by atoms with van der Waals surface area (Å²) in [5, 5.41) is 0.138. The first kappa shape index (κ1) is 14.7. The summed E-state index contributed by atoms with van der Waals surface area (Å²) in [5.41, 5.74) is -2.12. The molecule has 0 spiro atoms. The summed E-state index contributed by atoms with van der Waals surface area (Å²) in [5.74, 6) is 0. The van der Waals surface area contributed by atoms with E-state index in [-0.39, 0.29) is 18.5 Å². The summed E-state index contributed by atoms with van der Waals surface area (Å²) in [7, 11) is 0. The molecule has 1 unspecified atom stereocenters. The van der Waals surface area contributed by atoms with Crippen molar-refractivity contribution in [3.63, 3.8) is 0 Å². The second-order valence-electron chi connectivity index (χ2n) is 5.24. The van der Waals surface area contributed by atoms with E-state index in [0.29, 0.717) is 13.2 Å². The number of alkyl halides is 2. The average Bonchev–Trinajstić information content (AvgIpc) is 2.39. The number of hydrogen-bond donors (Lipinski definition) is 0. The van der Waals surface area contributed by atoms with Gasteiger partial charge in [0.25, 0.3) is 0 Å². The SMILES string of the molecule is CC(C)(C)OC(=O)N1CCOCC(F)(CBr)C1. The monoisotopic (exact) mass is 311 g/mol. The van der Waals surface area contributed by atoms with Crippen molar-refractivity contribution in [1.82, 2.24) is 4.90 Å². The molecule has 0 aromatic heterocycles. The van der Waals surface area contributed by atoms with Gasteiger partial charge >= 0.3 is 6.09 Å². The van der Waals surface area contributed by atoms with Gasteiger partial charge in [-0.25, -0.2) is 9.18 Å². The molecular weight excluding hydrogens is 293 g/mol. The molecule has 0 N–H and O–H groups in total. The van der Waals surface area contributed by atoms with Crippen molar-refractivity contribution >= 4 is 22.0 Å². The number of nitrogens with zero attached hydrogens (tertiary/aromatic N) is 1. The maximum absolute atomic E-state index is 14.2. The lowest BCUT2D eigenvalue weighted by Gasteiger charge is -2.29. The summed E-state index contributed by atoms with van der Waals surface area (Å²) >= 11 is 3.11. The molecule has 0 aromatic rings. The van der Waals surface area contributed by atoms with Crippen LogP contribution in [0.1, 0.15) is 20.8 Å². The first-order chi connectivity index (χ1) is 7.76. The van der Waals surface area contributed by atoms with Crippen LogP contribution < -0.4 is 0 Å². The topological polar surface area (TPSA) is 38.8 Å². The fourth-order valence-electron chi connectivity index (χ4n) is 1.46. The van der Waals surface area contributed by atoms with Crippen LogP contribution in [0.4, 0.5) is 9.18 Å². The van der Waals surface area contributed by atoms with E-state index in [2.05, 4.69) is 15.9 Å². The lowest BCUT2D eigenvalue weighted by Crippen LogP contribution is -2.46. The molecule has 1 atom stereocenters. The molecule has 1 aliphatic rings. The van der Waals surface area contributed by atoms with Crippen molar-refractivity contribution in [1.29, 1.82) is 0 Å². The van der Waals surface area contributed by atoms with Gasteiger partial charge in [0.15, 0.2) is 5.67 Å². The molecule has 6 heteroatoms. The molecule has 0 saturated carbocycles. The van der Waals surface area contributed by atoms with E-state index < -0.39 is 17.4 Å². The third-order valence-corrected chi connectivity index (χ3v) is 3.24. The number of ether oxygens (including phenoxy) is 2. The first-order valence-electron chi connectivity index (χ1n) is 5.56. The third kappa shape index (κ3) is 4.79. The fraction of sp³-hybridized carbons (Fsp3) is 0.909. The Balaban J connectivity index is 2.66. The number of carbonyl (C=O) groups excluding carboxylic acids is 1. The van der Waals surface area contributed by atoms with Crippen LogP contribution in [0.5, 0.6) is 0 Å². The predicted molar refractivity (Wildman–Crippen MR) is 66.3 cm³/mol. The first-order valence-corrected chi connectivity index (χ1v) is 6.68. The molecule has 0 radical (unpaired) electrons. The maximum atomic E-state index is 14.2. The highest BCUT2D eigenvalue weighted by atomic mass is 79.9. The van der Waals surface area contributed by atoms with E-state index in [1.165, 1.54) is 4.90 Å². The lowest BCUT2D eigenvalue weighted by atomic mass is 10.1. The molecule has 1 fully saturated rings. The van der Waals surface area contributed by atoms with Crippen LogP contribution in [0.25, 0.3) is 0 Å². The van der Waals surface area contributed by atoms with E-state index in [0.717, 1.165) is 0 Å². The molecule has 1 rings (SSSR count). The summed E-state index contributed by atoms with van der Waals surface area (Å²) in [6, 6.07) is 0. The Morgan fingerprint density at radius 1 is 1.59 bits per heavy atom. The summed E-state index contributed by atoms with van der Waals surface area (Å²) in [6.07, 6.45) is -0.494. The molecule has 1 amide bonds. The molecule has 0 aliphatic carbocycles. The second kappa shape index (κ2) is 5.52. The van der Waals surface area contributed by atoms with E-state index in [1.807, 2.05) is 0 Å². The molecule has 17 heavy (non-hydrogen) atoms. The van der Waals surface area contributed by atoms with Crippen LogP contribution in [-0.4, -0.2) is 53.9 Å². The number of halogens is 2. The summed E-state index contributed by atoms with van der Waals surface area (Å²) in [6.45, 7) is 6.03. The Labute approximate surface area is 110 Å². The zero-order valence-corrected chi connectivity index (χ0v) is 12.0. The van der Waals surface area contributed by atoms with Crippen molar-refractivity contribution in [2.24, 2.45) is 0 Å². The second-order valence-corrected chi connectivity index (χ2v) is 5.80. The average molecular weight is 312 g/mol. The van der Waals surface area contributed by atoms with Gasteiger partial charge in [-0.05, 0) is 20.8 Å². The Hall–Kier alpha value is -0.360. The minimum Gasteiger partial charge on any atom is -0.444 e. The highest BCUT2D eigenvalue weighted by molar-refractivity contribution is 9.09. The quantitative estimate of drug-likeness (QED) is 0.698. The van der Waals surface area contributed by atoms with E-state index in [4.69, 9.17) is 9.47 Å². The van der Waals surface area contributed by atoms with Gasteiger partial charge in [0.2, 0.25) is 0 Å². The van der Waals surface area contributed by atoms with Gasteiger partial charge in [-0.15, -0.1) is 0 Å². The molecule has 1 saturated heterocycles. The van der Waals surface area contributed by atoms with Crippen molar-refractivity contribution in [2.75, 3.05) is 31.6 Å². The zero-order valence-electron chi connectivity index (χ0n) is 10.5. The van der Waals surface area contributed by atoms with Gasteiger partial charge in [0.05, 0.1) is 19.8 Å². The Bertz CT molecular complexity index is 282. The Morgan fingerprint density at radius 3 is 2.76 bits per heavy atom. The highest BCUT2D eigenvalue weighted by Crippen LogP contribution is 2.21. The Kier molecular flexibility index (Phi) is 4.77. The molecule has 0 aromatic carbocycles. The zero-order chi connectivity index (χ0) is 13.1. The van der Waals surface area contributed by atoms with Crippen LogP contribution >= 0.6 is 15.9 Å². The summed E-state index contributed by atoms with van der Waals surface area (Å²) < 4.78 is 24.6. The fourth-order valence-corrected chi connectivity index (χ4v) is 1.80. The minimum absolute atomic E-state index is 0.00243. The molecular formula is C11H19BrFNO3. The van der Waals surface area contributed by atoms with Crippen LogP contribution in [0, 0.1) is 0 Å². The smallest absolute Gasteiger partial charge is 0.410 e. The number of rotatable bonds is 1. The van der Waals surface area contributed by atoms with Crippen LogP contribution in [0.15, 0.2) is 0 Å². The van der Waals surface area contributed by atoms with Crippen molar-refractivity contribution < 1.29 is 18.7 Å². The van der Waals surface area contributed by atoms with Crippen LogP contribution in [-0.2, 0) is 9.47 Å². The van der Waals surface area contributed by atoms with Crippen molar-refractivity contribution in [2.45, 2.75) is 32.0 Å². The van der Waals surface area contributed by atoms with Gasteiger partial charge in [0, 0.05) is 11.9 Å². The lowest BCUT2D eigenvalue weighted by molar-refractivity contribution is 0.0160. The van der Waals surface area contributed by atoms with E-state index in [9.17, 15) is 9.18 Å². The van der Waals surface area contributed by atoms with Crippen molar-refractivity contribution in [3.05, 3.63) is 0 Å². The van der Waals surface area contributed by atoms with Gasteiger partial charge in [-0.2, -0.15) is 0 Å². The third-order valence-electron chi connectivity index (χ3n) is 2.23. The number of hydrogen-bond acceptors (Lipinski definition) is 3. The minimum atomic E-state index is -1.55. The number of carbonyl (C=O) groups is 1. The molecule has 4 nitrogen and oxygen atoms in total. The van der Waals surface area contributed by atoms with Gasteiger partial charge in [-0.3, -0.25) is 0 Å². The predicted octanol–water partition coefficient (Wildman–Crippen LogP) is 2.36. The largest absolute Gasteiger partial charge is 0.444 e. The molecule has 1 aliphatic heterocycles. The standard InChI is InChI=1S/C11H19BrFNO3/c1-10(2,3)17-9(15)14-4-5-16-8-11(13,6-12)7-14/h4-8H2,1-3H3. The normalized spacial score (nSPS) is 26.5. The highest BCUT2D eigenvalue weighted by Gasteiger charge is 2.37. The molecule has 100 valence electrons. The maximum Gasteiger partial charge on any atom is 0.410 e. The van der Waals surface area contributed by atoms with Gasteiger partial charge in [0.1, 0.15) is 5.60 Å². The summed E-state index contributed by atoms with van der Waals surface area (Å²) in [4.78, 5) is 13.2. The molecule has 1 heterocycles. The Morgan fingerprint density at radius 2 is 2.24 bits per heavy atom. The van der Waals surface area contributed by atoms with Crippen LogP contribution in [0.2, 0.25) is 0 Å². The number of amides is 1. The van der Waals surface area contributed by atoms with Crippen LogP contribution in [0.3, 0.4) is 0 Å². The van der Waals surface area contributed by atoms with Gasteiger partial charge in [-0.1, -0.05) is 15.9 Å². The molecule has 0 bridgehead atoms. The van der Waals surface area contributed by atoms with E-state index in [1.54, 1.807) is 20.8 Å². The van der Waals surface area contributed by atoms with Gasteiger partial charge < -0.3 is 14.4 Å².